The second-order valence-corrected chi connectivity index (χ2v) is 4.57. The quantitative estimate of drug-likeness (QED) is 0.601. The molecule has 1 unspecified atom stereocenters. The smallest absolute Gasteiger partial charge is 0.331 e. The molecule has 0 radical (unpaired) electrons. The summed E-state index contributed by atoms with van der Waals surface area (Å²) >= 11 is 0. The molecule has 0 amide bonds. The van der Waals surface area contributed by atoms with E-state index in [9.17, 15) is 9.59 Å². The Morgan fingerprint density at radius 2 is 1.82 bits per heavy atom. The predicted molar refractivity (Wildman–Crippen MR) is 64.8 cm³/mol. The molecule has 0 fully saturated rings. The fourth-order valence-electron chi connectivity index (χ4n) is 1.77. The van der Waals surface area contributed by atoms with Crippen LogP contribution in [0.2, 0.25) is 0 Å². The van der Waals surface area contributed by atoms with Gasteiger partial charge in [0.15, 0.2) is 11.3 Å². The average Bonchev–Trinajstić information content (AvgIpc) is 2.28. The predicted octanol–water partition coefficient (Wildman–Crippen LogP) is 1.70. The Labute approximate surface area is 100 Å². The molecule has 0 bridgehead atoms. The summed E-state index contributed by atoms with van der Waals surface area (Å²) in [5, 5.41) is 9.17. The second-order valence-electron chi connectivity index (χ2n) is 4.57. The monoisotopic (exact) mass is 235 g/mol. The minimum absolute atomic E-state index is 0.0313. The molecule has 4 nitrogen and oxygen atoms in total. The van der Waals surface area contributed by atoms with Crippen LogP contribution >= 0.6 is 0 Å². The van der Waals surface area contributed by atoms with Crippen molar-refractivity contribution in [3.63, 3.8) is 0 Å². The highest BCUT2D eigenvalue weighted by atomic mass is 16.4. The van der Waals surface area contributed by atoms with Crippen LogP contribution in [0.15, 0.2) is 30.3 Å². The van der Waals surface area contributed by atoms with Crippen LogP contribution in [0, 0.1) is 5.92 Å². The third-order valence-corrected chi connectivity index (χ3v) is 2.55. The standard InChI is InChI=1S/C13H17NO3/c1-9(2)8-13(14,12(16)17)11(15)10-6-4-3-5-7-10/h3-7,9H,8,14H2,1-2H3,(H,16,17). The number of carbonyl (C=O) groups is 2. The number of rotatable bonds is 5. The van der Waals surface area contributed by atoms with Crippen molar-refractivity contribution in [1.29, 1.82) is 0 Å². The number of benzene rings is 1. The Balaban J connectivity index is 3.08. The van der Waals surface area contributed by atoms with Crippen molar-refractivity contribution < 1.29 is 14.7 Å². The highest BCUT2D eigenvalue weighted by Gasteiger charge is 2.42. The lowest BCUT2D eigenvalue weighted by Crippen LogP contribution is -2.55. The summed E-state index contributed by atoms with van der Waals surface area (Å²) in [5.41, 5.74) is 4.26. The molecule has 0 saturated heterocycles. The maximum atomic E-state index is 12.1. The summed E-state index contributed by atoms with van der Waals surface area (Å²) in [7, 11) is 0. The van der Waals surface area contributed by atoms with E-state index in [1.807, 2.05) is 13.8 Å². The van der Waals surface area contributed by atoms with Crippen molar-refractivity contribution >= 4 is 11.8 Å². The first-order valence-corrected chi connectivity index (χ1v) is 5.50. The third kappa shape index (κ3) is 2.91. The van der Waals surface area contributed by atoms with Gasteiger partial charge >= 0.3 is 5.97 Å². The number of Topliss-reactive ketones (excluding diaryl/α,β-unsaturated/α-hetero) is 1. The second kappa shape index (κ2) is 5.10. The lowest BCUT2D eigenvalue weighted by atomic mass is 9.83. The summed E-state index contributed by atoms with van der Waals surface area (Å²) in [6, 6.07) is 8.29. The van der Waals surface area contributed by atoms with E-state index in [1.54, 1.807) is 30.3 Å². The number of carboxylic acid groups (broad SMARTS) is 1. The molecule has 0 spiro atoms. The molecule has 0 aromatic heterocycles. The number of carboxylic acids is 1. The Morgan fingerprint density at radius 3 is 2.24 bits per heavy atom. The zero-order valence-electron chi connectivity index (χ0n) is 10.0. The van der Waals surface area contributed by atoms with E-state index < -0.39 is 17.3 Å². The van der Waals surface area contributed by atoms with Gasteiger partial charge in [-0.1, -0.05) is 44.2 Å². The maximum absolute atomic E-state index is 12.1. The van der Waals surface area contributed by atoms with Gasteiger partial charge in [-0.3, -0.25) is 4.79 Å². The molecule has 0 saturated carbocycles. The molecule has 92 valence electrons. The highest BCUT2D eigenvalue weighted by molar-refractivity contribution is 6.15. The minimum Gasteiger partial charge on any atom is -0.480 e. The normalized spacial score (nSPS) is 14.4. The topological polar surface area (TPSA) is 80.4 Å². The first-order chi connectivity index (χ1) is 7.88. The van der Waals surface area contributed by atoms with E-state index in [0.29, 0.717) is 5.56 Å². The lowest BCUT2D eigenvalue weighted by molar-refractivity contribution is -0.141. The first kappa shape index (κ1) is 13.4. The van der Waals surface area contributed by atoms with Gasteiger partial charge in [0.1, 0.15) is 0 Å². The van der Waals surface area contributed by atoms with Crippen molar-refractivity contribution in [2.45, 2.75) is 25.8 Å². The molecular formula is C13H17NO3. The van der Waals surface area contributed by atoms with Crippen LogP contribution in [-0.4, -0.2) is 22.4 Å². The summed E-state index contributed by atoms with van der Waals surface area (Å²) in [4.78, 5) is 23.4. The maximum Gasteiger partial charge on any atom is 0.331 e. The van der Waals surface area contributed by atoms with Gasteiger partial charge in [-0.05, 0) is 12.3 Å². The van der Waals surface area contributed by atoms with Crippen LogP contribution in [0.3, 0.4) is 0 Å². The van der Waals surface area contributed by atoms with Crippen LogP contribution in [0.25, 0.3) is 0 Å². The van der Waals surface area contributed by atoms with Gasteiger partial charge < -0.3 is 10.8 Å². The molecule has 0 aliphatic carbocycles. The van der Waals surface area contributed by atoms with Gasteiger partial charge in [0.2, 0.25) is 0 Å². The number of carbonyl (C=O) groups excluding carboxylic acids is 1. The van der Waals surface area contributed by atoms with Crippen molar-refractivity contribution in [1.82, 2.24) is 0 Å². The molecule has 3 N–H and O–H groups in total. The number of hydrogen-bond donors (Lipinski definition) is 2. The van der Waals surface area contributed by atoms with Crippen LogP contribution in [0.4, 0.5) is 0 Å². The summed E-state index contributed by atoms with van der Waals surface area (Å²) < 4.78 is 0. The molecule has 0 heterocycles. The van der Waals surface area contributed by atoms with Gasteiger partial charge in [0.05, 0.1) is 0 Å². The minimum atomic E-state index is -1.84. The fourth-order valence-corrected chi connectivity index (χ4v) is 1.77. The molecule has 0 aliphatic heterocycles. The van der Waals surface area contributed by atoms with Crippen LogP contribution in [-0.2, 0) is 4.79 Å². The van der Waals surface area contributed by atoms with Gasteiger partial charge in [-0.25, -0.2) is 4.79 Å². The molecule has 1 rings (SSSR count). The molecule has 0 aliphatic rings. The van der Waals surface area contributed by atoms with Gasteiger partial charge in [0, 0.05) is 5.56 Å². The summed E-state index contributed by atoms with van der Waals surface area (Å²) in [6.45, 7) is 3.67. The molecule has 17 heavy (non-hydrogen) atoms. The van der Waals surface area contributed by atoms with E-state index in [1.165, 1.54) is 0 Å². The molecular weight excluding hydrogens is 218 g/mol. The Bertz CT molecular complexity index is 414. The van der Waals surface area contributed by atoms with E-state index in [-0.39, 0.29) is 12.3 Å². The SMILES string of the molecule is CC(C)CC(N)(C(=O)O)C(=O)c1ccccc1. The third-order valence-electron chi connectivity index (χ3n) is 2.55. The van der Waals surface area contributed by atoms with Crippen LogP contribution in [0.1, 0.15) is 30.6 Å². The Morgan fingerprint density at radius 1 is 1.29 bits per heavy atom. The Hall–Kier alpha value is -1.68. The Kier molecular flexibility index (Phi) is 4.02. The summed E-state index contributed by atoms with van der Waals surface area (Å²) in [5.74, 6) is -1.79. The molecule has 4 heteroatoms. The zero-order chi connectivity index (χ0) is 13.1. The largest absolute Gasteiger partial charge is 0.480 e. The first-order valence-electron chi connectivity index (χ1n) is 5.50. The average molecular weight is 235 g/mol. The molecule has 1 atom stereocenters. The van der Waals surface area contributed by atoms with Crippen molar-refractivity contribution in [3.05, 3.63) is 35.9 Å². The molecule has 1 aromatic carbocycles. The number of aliphatic carboxylic acids is 1. The van der Waals surface area contributed by atoms with E-state index in [0.717, 1.165) is 0 Å². The summed E-state index contributed by atoms with van der Waals surface area (Å²) in [6.07, 6.45) is 0.121. The molecule has 1 aromatic rings. The van der Waals surface area contributed by atoms with Gasteiger partial charge in [-0.2, -0.15) is 0 Å². The van der Waals surface area contributed by atoms with Crippen molar-refractivity contribution in [3.8, 4) is 0 Å². The fraction of sp³-hybridized carbons (Fsp3) is 0.385. The van der Waals surface area contributed by atoms with Gasteiger partial charge in [0.25, 0.3) is 0 Å². The lowest BCUT2D eigenvalue weighted by Gasteiger charge is -2.25. The van der Waals surface area contributed by atoms with E-state index in [2.05, 4.69) is 0 Å². The zero-order valence-corrected chi connectivity index (χ0v) is 10.0. The number of nitrogens with two attached hydrogens (primary N) is 1. The van der Waals surface area contributed by atoms with E-state index >= 15 is 0 Å². The number of ketones is 1. The van der Waals surface area contributed by atoms with Crippen molar-refractivity contribution in [2.24, 2.45) is 11.7 Å². The van der Waals surface area contributed by atoms with Gasteiger partial charge in [-0.15, -0.1) is 0 Å². The van der Waals surface area contributed by atoms with Crippen LogP contribution < -0.4 is 5.73 Å². The van der Waals surface area contributed by atoms with Crippen LogP contribution in [0.5, 0.6) is 0 Å². The highest BCUT2D eigenvalue weighted by Crippen LogP contribution is 2.20. The van der Waals surface area contributed by atoms with Crippen molar-refractivity contribution in [2.75, 3.05) is 0 Å². The number of hydrogen-bond acceptors (Lipinski definition) is 3. The van der Waals surface area contributed by atoms with E-state index in [4.69, 9.17) is 10.8 Å².